The standard InChI is InChI=1S/C13H20N2O2S/c1-2-3-4-5-8-17-12-10(11(14)16)18-13(15-12)9-6-7-9/h9H,2-8H2,1H3,(H2,14,16). The second-order valence-corrected chi connectivity index (χ2v) is 5.76. The van der Waals surface area contributed by atoms with Crippen LogP contribution in [0.1, 0.15) is 66.0 Å². The third-order valence-corrected chi connectivity index (χ3v) is 4.21. The van der Waals surface area contributed by atoms with Crippen molar-refractivity contribution in [3.63, 3.8) is 0 Å². The molecule has 0 atom stereocenters. The molecule has 1 aliphatic rings. The zero-order chi connectivity index (χ0) is 13.0. The Balaban J connectivity index is 1.91. The number of carbonyl (C=O) groups excluding carboxylic acids is 1. The summed E-state index contributed by atoms with van der Waals surface area (Å²) in [4.78, 5) is 16.2. The number of hydrogen-bond donors (Lipinski definition) is 1. The van der Waals surface area contributed by atoms with Crippen molar-refractivity contribution in [2.45, 2.75) is 51.4 Å². The Labute approximate surface area is 112 Å². The van der Waals surface area contributed by atoms with E-state index >= 15 is 0 Å². The van der Waals surface area contributed by atoms with Gasteiger partial charge in [0.05, 0.1) is 6.61 Å². The first kappa shape index (κ1) is 13.3. The van der Waals surface area contributed by atoms with Gasteiger partial charge in [0.2, 0.25) is 5.88 Å². The summed E-state index contributed by atoms with van der Waals surface area (Å²) in [6.07, 6.45) is 6.92. The molecular formula is C13H20N2O2S. The summed E-state index contributed by atoms with van der Waals surface area (Å²) in [6, 6.07) is 0. The summed E-state index contributed by atoms with van der Waals surface area (Å²) in [5.41, 5.74) is 5.35. The number of hydrogen-bond acceptors (Lipinski definition) is 4. The van der Waals surface area contributed by atoms with Crippen LogP contribution in [0.3, 0.4) is 0 Å². The maximum Gasteiger partial charge on any atom is 0.264 e. The number of carbonyl (C=O) groups is 1. The number of thiazole rings is 1. The molecule has 0 saturated heterocycles. The maximum absolute atomic E-state index is 11.3. The van der Waals surface area contributed by atoms with Crippen LogP contribution >= 0.6 is 11.3 Å². The van der Waals surface area contributed by atoms with Crippen molar-refractivity contribution in [1.82, 2.24) is 4.98 Å². The van der Waals surface area contributed by atoms with Gasteiger partial charge in [-0.15, -0.1) is 11.3 Å². The average molecular weight is 268 g/mol. The van der Waals surface area contributed by atoms with Crippen LogP contribution in [0.25, 0.3) is 0 Å². The minimum absolute atomic E-state index is 0.428. The van der Waals surface area contributed by atoms with E-state index in [0.29, 0.717) is 23.3 Å². The van der Waals surface area contributed by atoms with E-state index in [9.17, 15) is 4.79 Å². The van der Waals surface area contributed by atoms with Crippen LogP contribution in [0, 0.1) is 0 Å². The Morgan fingerprint density at radius 1 is 1.44 bits per heavy atom. The summed E-state index contributed by atoms with van der Waals surface area (Å²) < 4.78 is 5.60. The van der Waals surface area contributed by atoms with Gasteiger partial charge in [0.25, 0.3) is 5.91 Å². The molecule has 1 fully saturated rings. The number of nitrogens with zero attached hydrogens (tertiary/aromatic N) is 1. The number of amides is 1. The molecule has 0 aromatic carbocycles. The van der Waals surface area contributed by atoms with Crippen LogP contribution in [0.2, 0.25) is 0 Å². The summed E-state index contributed by atoms with van der Waals surface area (Å²) >= 11 is 1.40. The van der Waals surface area contributed by atoms with Crippen molar-refractivity contribution in [2.24, 2.45) is 5.73 Å². The molecule has 4 nitrogen and oxygen atoms in total. The van der Waals surface area contributed by atoms with Crippen LogP contribution < -0.4 is 10.5 Å². The van der Waals surface area contributed by atoms with Crippen molar-refractivity contribution in [1.29, 1.82) is 0 Å². The van der Waals surface area contributed by atoms with Gasteiger partial charge in [-0.25, -0.2) is 4.98 Å². The van der Waals surface area contributed by atoms with Crippen molar-refractivity contribution in [3.05, 3.63) is 9.88 Å². The van der Waals surface area contributed by atoms with E-state index in [2.05, 4.69) is 11.9 Å². The molecule has 1 aromatic heterocycles. The fourth-order valence-electron chi connectivity index (χ4n) is 1.78. The molecule has 0 spiro atoms. The highest BCUT2D eigenvalue weighted by molar-refractivity contribution is 7.14. The van der Waals surface area contributed by atoms with Gasteiger partial charge < -0.3 is 10.5 Å². The van der Waals surface area contributed by atoms with Gasteiger partial charge in [-0.1, -0.05) is 26.2 Å². The Morgan fingerprint density at radius 2 is 2.22 bits per heavy atom. The van der Waals surface area contributed by atoms with Gasteiger partial charge in [-0.2, -0.15) is 0 Å². The van der Waals surface area contributed by atoms with Crippen LogP contribution in [0.15, 0.2) is 0 Å². The van der Waals surface area contributed by atoms with E-state index < -0.39 is 5.91 Å². The lowest BCUT2D eigenvalue weighted by Crippen LogP contribution is -2.11. The topological polar surface area (TPSA) is 65.2 Å². The third-order valence-electron chi connectivity index (χ3n) is 3.00. The van der Waals surface area contributed by atoms with E-state index in [1.165, 1.54) is 37.0 Å². The molecule has 1 aliphatic carbocycles. The normalized spacial score (nSPS) is 14.7. The number of rotatable bonds is 8. The van der Waals surface area contributed by atoms with Crippen LogP contribution in [0.5, 0.6) is 5.88 Å². The molecule has 0 unspecified atom stereocenters. The summed E-state index contributed by atoms with van der Waals surface area (Å²) in [5, 5.41) is 1.01. The molecule has 1 saturated carbocycles. The van der Waals surface area contributed by atoms with Gasteiger partial charge in [0.1, 0.15) is 5.01 Å². The Bertz CT molecular complexity index is 413. The van der Waals surface area contributed by atoms with Gasteiger partial charge in [-0.05, 0) is 19.3 Å². The van der Waals surface area contributed by atoms with Crippen molar-refractivity contribution < 1.29 is 9.53 Å². The van der Waals surface area contributed by atoms with Crippen molar-refractivity contribution >= 4 is 17.2 Å². The van der Waals surface area contributed by atoms with E-state index in [4.69, 9.17) is 10.5 Å². The number of ether oxygens (including phenoxy) is 1. The molecule has 1 amide bonds. The van der Waals surface area contributed by atoms with Gasteiger partial charge >= 0.3 is 0 Å². The van der Waals surface area contributed by atoms with Crippen LogP contribution in [-0.4, -0.2) is 17.5 Å². The highest BCUT2D eigenvalue weighted by Gasteiger charge is 2.30. The minimum atomic E-state index is -0.428. The second-order valence-electron chi connectivity index (χ2n) is 4.73. The second kappa shape index (κ2) is 6.18. The van der Waals surface area contributed by atoms with E-state index in [0.717, 1.165) is 17.8 Å². The van der Waals surface area contributed by atoms with E-state index in [-0.39, 0.29) is 0 Å². The van der Waals surface area contributed by atoms with Crippen LogP contribution in [0.4, 0.5) is 0 Å². The Morgan fingerprint density at radius 3 is 2.83 bits per heavy atom. The molecule has 2 rings (SSSR count). The highest BCUT2D eigenvalue weighted by Crippen LogP contribution is 2.43. The number of unbranched alkanes of at least 4 members (excludes halogenated alkanes) is 3. The molecule has 0 radical (unpaired) electrons. The zero-order valence-electron chi connectivity index (χ0n) is 10.8. The van der Waals surface area contributed by atoms with Gasteiger partial charge in [0, 0.05) is 5.92 Å². The quantitative estimate of drug-likeness (QED) is 0.737. The third kappa shape index (κ3) is 3.45. The van der Waals surface area contributed by atoms with Gasteiger partial charge in [0.15, 0.2) is 4.88 Å². The molecule has 18 heavy (non-hydrogen) atoms. The first-order valence-corrected chi connectivity index (χ1v) is 7.47. The monoisotopic (exact) mass is 268 g/mol. The molecule has 0 bridgehead atoms. The first-order valence-electron chi connectivity index (χ1n) is 6.65. The summed E-state index contributed by atoms with van der Waals surface area (Å²) in [5.74, 6) is 0.555. The van der Waals surface area contributed by atoms with Crippen LogP contribution in [-0.2, 0) is 0 Å². The molecule has 1 aromatic rings. The smallest absolute Gasteiger partial charge is 0.264 e. The molecule has 2 N–H and O–H groups in total. The Kier molecular flexibility index (Phi) is 4.58. The number of primary amides is 1. The van der Waals surface area contributed by atoms with E-state index in [1.54, 1.807) is 0 Å². The molecule has 5 heteroatoms. The van der Waals surface area contributed by atoms with Gasteiger partial charge in [-0.3, -0.25) is 4.79 Å². The van der Waals surface area contributed by atoms with E-state index in [1.807, 2.05) is 0 Å². The number of aromatic nitrogens is 1. The van der Waals surface area contributed by atoms with Crippen molar-refractivity contribution in [3.8, 4) is 5.88 Å². The summed E-state index contributed by atoms with van der Waals surface area (Å²) in [7, 11) is 0. The first-order chi connectivity index (χ1) is 8.72. The highest BCUT2D eigenvalue weighted by atomic mass is 32.1. The fourth-order valence-corrected chi connectivity index (χ4v) is 2.81. The SMILES string of the molecule is CCCCCCOc1nc(C2CC2)sc1C(N)=O. The largest absolute Gasteiger partial charge is 0.476 e. The Hall–Kier alpha value is -1.10. The fraction of sp³-hybridized carbons (Fsp3) is 0.692. The predicted octanol–water partition coefficient (Wildman–Crippen LogP) is 3.08. The average Bonchev–Trinajstić information content (AvgIpc) is 3.10. The molecular weight excluding hydrogens is 248 g/mol. The lowest BCUT2D eigenvalue weighted by Gasteiger charge is -2.03. The maximum atomic E-state index is 11.3. The molecule has 0 aliphatic heterocycles. The minimum Gasteiger partial charge on any atom is -0.476 e. The summed E-state index contributed by atoms with van der Waals surface area (Å²) in [6.45, 7) is 2.79. The lowest BCUT2D eigenvalue weighted by molar-refractivity contribution is 0.1000. The lowest BCUT2D eigenvalue weighted by atomic mass is 10.2. The molecule has 1 heterocycles. The zero-order valence-corrected chi connectivity index (χ0v) is 11.6. The van der Waals surface area contributed by atoms with Crippen molar-refractivity contribution in [2.75, 3.05) is 6.61 Å². The predicted molar refractivity (Wildman–Crippen MR) is 72.2 cm³/mol. The molecule has 100 valence electrons. The number of nitrogens with two attached hydrogens (primary N) is 1.